The van der Waals surface area contributed by atoms with Crippen molar-refractivity contribution < 1.29 is 17.9 Å². The van der Waals surface area contributed by atoms with E-state index in [1.54, 1.807) is 0 Å². The number of rotatable bonds is 5. The second-order valence-corrected chi connectivity index (χ2v) is 3.80. The van der Waals surface area contributed by atoms with Gasteiger partial charge in [0.25, 0.3) is 0 Å². The van der Waals surface area contributed by atoms with E-state index in [0.29, 0.717) is 0 Å². The summed E-state index contributed by atoms with van der Waals surface area (Å²) >= 11 is 0. The predicted octanol–water partition coefficient (Wildman–Crippen LogP) is -1.06. The molecule has 68 valence electrons. The summed E-state index contributed by atoms with van der Waals surface area (Å²) in [6.07, 6.45) is -0.477. The largest absolute Gasteiger partial charge is 0.382 e. The molecule has 0 rings (SSSR count). The van der Waals surface area contributed by atoms with Crippen LogP contribution < -0.4 is 5.14 Å². The topological polar surface area (TPSA) is 78.6 Å². The van der Waals surface area contributed by atoms with Crippen molar-refractivity contribution in [3.63, 3.8) is 0 Å². The molecule has 0 amide bonds. The first-order valence-electron chi connectivity index (χ1n) is 3.02. The smallest absolute Gasteiger partial charge is 0.211 e. The van der Waals surface area contributed by atoms with Gasteiger partial charge in [-0.3, -0.25) is 0 Å². The first kappa shape index (κ1) is 10.8. The zero-order chi connectivity index (χ0) is 8.91. The van der Waals surface area contributed by atoms with Crippen molar-refractivity contribution in [2.45, 2.75) is 6.10 Å². The summed E-state index contributed by atoms with van der Waals surface area (Å²) in [6, 6.07) is 0. The summed E-state index contributed by atoms with van der Waals surface area (Å²) in [7, 11) is -0.584. The van der Waals surface area contributed by atoms with Crippen molar-refractivity contribution in [2.75, 3.05) is 26.6 Å². The highest BCUT2D eigenvalue weighted by Gasteiger charge is 2.14. The van der Waals surface area contributed by atoms with Gasteiger partial charge in [0.1, 0.15) is 0 Å². The van der Waals surface area contributed by atoms with Crippen molar-refractivity contribution in [1.29, 1.82) is 0 Å². The summed E-state index contributed by atoms with van der Waals surface area (Å²) in [5, 5.41) is 4.78. The van der Waals surface area contributed by atoms with Crippen LogP contribution >= 0.6 is 0 Å². The molecule has 0 aromatic rings. The van der Waals surface area contributed by atoms with E-state index in [4.69, 9.17) is 14.6 Å². The van der Waals surface area contributed by atoms with Crippen LogP contribution in [-0.2, 0) is 19.5 Å². The molecule has 0 bridgehead atoms. The van der Waals surface area contributed by atoms with Gasteiger partial charge in [0.15, 0.2) is 0 Å². The Hall–Kier alpha value is -0.170. The Morgan fingerprint density at radius 2 is 2.00 bits per heavy atom. The molecule has 0 fully saturated rings. The van der Waals surface area contributed by atoms with E-state index in [9.17, 15) is 8.42 Å². The molecule has 0 aromatic heterocycles. The maximum atomic E-state index is 10.5. The van der Waals surface area contributed by atoms with Gasteiger partial charge in [-0.05, 0) is 0 Å². The van der Waals surface area contributed by atoms with Crippen LogP contribution in [0.4, 0.5) is 0 Å². The third-order valence-corrected chi connectivity index (χ3v) is 1.94. The Kier molecular flexibility index (Phi) is 4.58. The van der Waals surface area contributed by atoms with Crippen molar-refractivity contribution >= 4 is 10.0 Å². The van der Waals surface area contributed by atoms with Gasteiger partial charge in [-0.2, -0.15) is 0 Å². The molecule has 0 radical (unpaired) electrons. The summed E-state index contributed by atoms with van der Waals surface area (Å²) in [5.41, 5.74) is 0. The van der Waals surface area contributed by atoms with Crippen molar-refractivity contribution in [2.24, 2.45) is 5.14 Å². The van der Waals surface area contributed by atoms with E-state index >= 15 is 0 Å². The molecule has 6 heteroatoms. The Labute approximate surface area is 66.5 Å². The van der Waals surface area contributed by atoms with Crippen LogP contribution in [0.5, 0.6) is 0 Å². The fourth-order valence-electron chi connectivity index (χ4n) is 0.629. The highest BCUT2D eigenvalue weighted by Crippen LogP contribution is 1.93. The molecule has 0 unspecified atom stereocenters. The van der Waals surface area contributed by atoms with Gasteiger partial charge >= 0.3 is 0 Å². The minimum atomic E-state index is -3.46. The molecule has 0 heterocycles. The van der Waals surface area contributed by atoms with Crippen LogP contribution in [-0.4, -0.2) is 41.1 Å². The van der Waals surface area contributed by atoms with E-state index in [1.165, 1.54) is 14.2 Å². The van der Waals surface area contributed by atoms with Crippen LogP contribution in [0.3, 0.4) is 0 Å². The summed E-state index contributed by atoms with van der Waals surface area (Å²) in [6.45, 7) is 0.229. The normalized spacial score (nSPS) is 14.8. The molecule has 0 saturated heterocycles. The van der Waals surface area contributed by atoms with Gasteiger partial charge < -0.3 is 9.47 Å². The van der Waals surface area contributed by atoms with Crippen molar-refractivity contribution in [1.82, 2.24) is 0 Å². The SMILES string of the molecule is COC[C@H](CS(N)(=O)=O)OC. The average molecular weight is 183 g/mol. The molecule has 0 aromatic carbocycles. The van der Waals surface area contributed by atoms with Gasteiger partial charge in [0.2, 0.25) is 10.0 Å². The zero-order valence-electron chi connectivity index (χ0n) is 6.61. The molecule has 1 atom stereocenters. The lowest BCUT2D eigenvalue weighted by molar-refractivity contribution is 0.0420. The molecule has 0 saturated carbocycles. The van der Waals surface area contributed by atoms with E-state index in [0.717, 1.165) is 0 Å². The minimum absolute atomic E-state index is 0.211. The van der Waals surface area contributed by atoms with E-state index in [2.05, 4.69) is 0 Å². The van der Waals surface area contributed by atoms with E-state index in [1.807, 2.05) is 0 Å². The Bertz CT molecular complexity index is 189. The third kappa shape index (κ3) is 6.24. The molecule has 0 aliphatic rings. The summed E-state index contributed by atoms with van der Waals surface area (Å²) < 4.78 is 30.5. The predicted molar refractivity (Wildman–Crippen MR) is 40.6 cm³/mol. The number of ether oxygens (including phenoxy) is 2. The van der Waals surface area contributed by atoms with Crippen LogP contribution in [0, 0.1) is 0 Å². The van der Waals surface area contributed by atoms with Crippen LogP contribution in [0.2, 0.25) is 0 Å². The van der Waals surface area contributed by atoms with Crippen LogP contribution in [0.15, 0.2) is 0 Å². The summed E-state index contributed by atoms with van der Waals surface area (Å²) in [5.74, 6) is -0.211. The number of primary sulfonamides is 1. The fraction of sp³-hybridized carbons (Fsp3) is 1.00. The number of hydrogen-bond donors (Lipinski definition) is 1. The second-order valence-electron chi connectivity index (χ2n) is 2.14. The average Bonchev–Trinajstić information content (AvgIpc) is 1.84. The van der Waals surface area contributed by atoms with E-state index < -0.39 is 16.1 Å². The number of methoxy groups -OCH3 is 2. The Morgan fingerprint density at radius 3 is 2.27 bits per heavy atom. The molecule has 11 heavy (non-hydrogen) atoms. The standard InChI is InChI=1S/C5H13NO4S/c1-9-3-5(10-2)4-11(6,7)8/h5H,3-4H2,1-2H3,(H2,6,7,8)/t5-/m1/s1. The van der Waals surface area contributed by atoms with Crippen molar-refractivity contribution in [3.8, 4) is 0 Å². The van der Waals surface area contributed by atoms with Gasteiger partial charge in [0, 0.05) is 14.2 Å². The minimum Gasteiger partial charge on any atom is -0.382 e. The maximum absolute atomic E-state index is 10.5. The fourth-order valence-corrected chi connectivity index (χ4v) is 1.38. The monoisotopic (exact) mass is 183 g/mol. The highest BCUT2D eigenvalue weighted by molar-refractivity contribution is 7.89. The van der Waals surface area contributed by atoms with Gasteiger partial charge in [-0.1, -0.05) is 0 Å². The second kappa shape index (κ2) is 4.66. The van der Waals surface area contributed by atoms with Crippen LogP contribution in [0.1, 0.15) is 0 Å². The van der Waals surface area contributed by atoms with Gasteiger partial charge in [-0.25, -0.2) is 13.6 Å². The first-order valence-corrected chi connectivity index (χ1v) is 4.73. The number of sulfonamides is 1. The van der Waals surface area contributed by atoms with E-state index in [-0.39, 0.29) is 12.4 Å². The summed E-state index contributed by atoms with van der Waals surface area (Å²) in [4.78, 5) is 0. The molecule has 5 nitrogen and oxygen atoms in total. The Morgan fingerprint density at radius 1 is 1.45 bits per heavy atom. The van der Waals surface area contributed by atoms with Crippen molar-refractivity contribution in [3.05, 3.63) is 0 Å². The molecular formula is C5H13NO4S. The number of hydrogen-bond acceptors (Lipinski definition) is 4. The molecule has 0 spiro atoms. The lowest BCUT2D eigenvalue weighted by atomic mass is 10.4. The quantitative estimate of drug-likeness (QED) is 0.589. The third-order valence-electron chi connectivity index (χ3n) is 1.10. The lowest BCUT2D eigenvalue weighted by Crippen LogP contribution is -2.31. The maximum Gasteiger partial charge on any atom is 0.211 e. The zero-order valence-corrected chi connectivity index (χ0v) is 7.43. The van der Waals surface area contributed by atoms with Gasteiger partial charge in [0.05, 0.1) is 18.5 Å². The molecular weight excluding hydrogens is 170 g/mol. The molecule has 2 N–H and O–H groups in total. The first-order chi connectivity index (χ1) is 4.99. The lowest BCUT2D eigenvalue weighted by Gasteiger charge is -2.11. The Balaban J connectivity index is 3.88. The number of nitrogens with two attached hydrogens (primary N) is 1. The highest BCUT2D eigenvalue weighted by atomic mass is 32.2. The molecule has 0 aliphatic carbocycles. The van der Waals surface area contributed by atoms with Gasteiger partial charge in [-0.15, -0.1) is 0 Å². The molecule has 0 aliphatic heterocycles. The van der Waals surface area contributed by atoms with Crippen LogP contribution in [0.25, 0.3) is 0 Å².